The van der Waals surface area contributed by atoms with Gasteiger partial charge in [0.05, 0.1) is 0 Å². The Hall–Kier alpha value is -0.730. The third kappa shape index (κ3) is 16.0. The second-order valence-corrected chi connectivity index (χ2v) is 9.61. The summed E-state index contributed by atoms with van der Waals surface area (Å²) < 4.78 is 5.29. The van der Waals surface area contributed by atoms with E-state index in [0.29, 0.717) is 0 Å². The highest BCUT2D eigenvalue weighted by Crippen LogP contribution is 2.24. The maximum Gasteiger partial charge on any atom is 0.407 e. The van der Waals surface area contributed by atoms with E-state index in [1.165, 1.54) is 103 Å². The Morgan fingerprint density at radius 3 is 1.67 bits per heavy atom. The largest absolute Gasteiger partial charge is 0.444 e. The number of rotatable bonds is 5. The van der Waals surface area contributed by atoms with E-state index in [1.807, 2.05) is 20.8 Å². The van der Waals surface area contributed by atoms with Crippen molar-refractivity contribution >= 4 is 6.09 Å². The quantitative estimate of drug-likeness (QED) is 0.494. The summed E-state index contributed by atoms with van der Waals surface area (Å²) in [5.41, 5.74) is -0.408. The van der Waals surface area contributed by atoms with Crippen molar-refractivity contribution in [1.82, 2.24) is 5.32 Å². The van der Waals surface area contributed by atoms with Gasteiger partial charge >= 0.3 is 6.09 Å². The molecule has 0 atom stereocenters. The van der Waals surface area contributed by atoms with Crippen LogP contribution in [0.5, 0.6) is 0 Å². The highest BCUT2D eigenvalue weighted by atomic mass is 16.6. The Morgan fingerprint density at radius 2 is 1.22 bits per heavy atom. The third-order valence-electron chi connectivity index (χ3n) is 5.68. The lowest BCUT2D eigenvalue weighted by Gasteiger charge is -2.20. The summed E-state index contributed by atoms with van der Waals surface area (Å²) in [7, 11) is 0. The predicted molar refractivity (Wildman–Crippen MR) is 116 cm³/mol. The molecule has 1 amide bonds. The molecule has 0 heterocycles. The normalized spacial score (nSPS) is 19.7. The van der Waals surface area contributed by atoms with E-state index in [1.54, 1.807) is 0 Å². The van der Waals surface area contributed by atoms with E-state index in [2.05, 4.69) is 5.32 Å². The van der Waals surface area contributed by atoms with Crippen LogP contribution in [0.15, 0.2) is 0 Å². The van der Waals surface area contributed by atoms with Gasteiger partial charge < -0.3 is 10.1 Å². The number of alkyl carbamates (subject to hydrolysis) is 1. The molecule has 1 rings (SSSR count). The van der Waals surface area contributed by atoms with Gasteiger partial charge in [-0.25, -0.2) is 4.79 Å². The molecular formula is C24H47NO2. The van der Waals surface area contributed by atoms with Crippen molar-refractivity contribution < 1.29 is 9.53 Å². The number of ether oxygens (including phenoxy) is 1. The standard InChI is InChI=1S/C24H47NO2/c1-24(2,3)27-23(26)25-21-17-16-20-22-18-14-12-10-8-6-4-5-7-9-11-13-15-19-22/h22H,4-21H2,1-3H3,(H,25,26). The van der Waals surface area contributed by atoms with Crippen molar-refractivity contribution in [3.05, 3.63) is 0 Å². The van der Waals surface area contributed by atoms with E-state index in [9.17, 15) is 4.79 Å². The van der Waals surface area contributed by atoms with Crippen LogP contribution in [0.3, 0.4) is 0 Å². The maximum absolute atomic E-state index is 11.7. The van der Waals surface area contributed by atoms with Gasteiger partial charge in [0, 0.05) is 6.54 Å². The van der Waals surface area contributed by atoms with Crippen LogP contribution >= 0.6 is 0 Å². The van der Waals surface area contributed by atoms with Crippen molar-refractivity contribution in [3.8, 4) is 0 Å². The molecule has 0 bridgehead atoms. The Kier molecular flexibility index (Phi) is 13.7. The number of carbonyl (C=O) groups is 1. The molecule has 1 saturated carbocycles. The molecule has 1 aliphatic rings. The smallest absolute Gasteiger partial charge is 0.407 e. The molecule has 0 unspecified atom stereocenters. The van der Waals surface area contributed by atoms with Crippen LogP contribution in [0.4, 0.5) is 4.79 Å². The average molecular weight is 382 g/mol. The minimum absolute atomic E-state index is 0.281. The zero-order chi connectivity index (χ0) is 19.8. The number of hydrogen-bond donors (Lipinski definition) is 1. The Labute approximate surface area is 169 Å². The molecule has 0 aromatic heterocycles. The molecule has 3 nitrogen and oxygen atoms in total. The van der Waals surface area contributed by atoms with Gasteiger partial charge in [0.15, 0.2) is 0 Å². The number of hydrogen-bond acceptors (Lipinski definition) is 2. The Bertz CT molecular complexity index is 346. The SMILES string of the molecule is CC(C)(C)OC(=O)NCCCCC1CCCCCCCCCCCCCC1. The zero-order valence-electron chi connectivity index (χ0n) is 18.6. The summed E-state index contributed by atoms with van der Waals surface area (Å²) in [6, 6.07) is 0. The lowest BCUT2D eigenvalue weighted by molar-refractivity contribution is 0.0527. The molecular weight excluding hydrogens is 334 g/mol. The van der Waals surface area contributed by atoms with Gasteiger partial charge in [-0.15, -0.1) is 0 Å². The van der Waals surface area contributed by atoms with Crippen molar-refractivity contribution in [2.24, 2.45) is 5.92 Å². The van der Waals surface area contributed by atoms with E-state index in [-0.39, 0.29) is 6.09 Å². The number of nitrogens with one attached hydrogen (secondary N) is 1. The number of carbonyl (C=O) groups excluding carboxylic acids is 1. The molecule has 1 fully saturated rings. The topological polar surface area (TPSA) is 38.3 Å². The van der Waals surface area contributed by atoms with Crippen molar-refractivity contribution in [3.63, 3.8) is 0 Å². The number of amides is 1. The van der Waals surface area contributed by atoms with Crippen LogP contribution in [0.1, 0.15) is 130 Å². The van der Waals surface area contributed by atoms with E-state index in [0.717, 1.165) is 18.9 Å². The summed E-state index contributed by atoms with van der Waals surface area (Å²) >= 11 is 0. The van der Waals surface area contributed by atoms with Crippen LogP contribution in [0.25, 0.3) is 0 Å². The molecule has 1 aliphatic carbocycles. The molecule has 0 saturated heterocycles. The molecule has 0 aliphatic heterocycles. The monoisotopic (exact) mass is 381 g/mol. The lowest BCUT2D eigenvalue weighted by Crippen LogP contribution is -2.33. The fourth-order valence-electron chi connectivity index (χ4n) is 4.13. The van der Waals surface area contributed by atoms with Gasteiger partial charge in [-0.05, 0) is 33.1 Å². The molecule has 27 heavy (non-hydrogen) atoms. The van der Waals surface area contributed by atoms with Crippen LogP contribution in [0.2, 0.25) is 0 Å². The molecule has 0 aromatic carbocycles. The van der Waals surface area contributed by atoms with Crippen molar-refractivity contribution in [1.29, 1.82) is 0 Å². The highest BCUT2D eigenvalue weighted by molar-refractivity contribution is 5.67. The fraction of sp³-hybridized carbons (Fsp3) is 0.958. The summed E-state index contributed by atoms with van der Waals surface area (Å²) in [6.07, 6.45) is 23.4. The highest BCUT2D eigenvalue weighted by Gasteiger charge is 2.15. The Morgan fingerprint density at radius 1 is 0.778 bits per heavy atom. The number of unbranched alkanes of at least 4 members (excludes halogenated alkanes) is 1. The Balaban J connectivity index is 2.19. The molecule has 1 N–H and O–H groups in total. The predicted octanol–water partition coefficient (Wildman–Crippen LogP) is 7.77. The minimum Gasteiger partial charge on any atom is -0.444 e. The summed E-state index contributed by atoms with van der Waals surface area (Å²) in [5.74, 6) is 0.900. The zero-order valence-corrected chi connectivity index (χ0v) is 18.6. The van der Waals surface area contributed by atoms with E-state index < -0.39 is 5.60 Å². The molecule has 3 heteroatoms. The van der Waals surface area contributed by atoms with Crippen LogP contribution in [-0.4, -0.2) is 18.2 Å². The molecule has 160 valence electrons. The summed E-state index contributed by atoms with van der Waals surface area (Å²) in [4.78, 5) is 11.7. The van der Waals surface area contributed by atoms with Crippen LogP contribution in [-0.2, 0) is 4.74 Å². The van der Waals surface area contributed by atoms with Gasteiger partial charge in [-0.3, -0.25) is 0 Å². The van der Waals surface area contributed by atoms with Crippen molar-refractivity contribution in [2.75, 3.05) is 6.54 Å². The third-order valence-corrected chi connectivity index (χ3v) is 5.68. The van der Waals surface area contributed by atoms with Gasteiger partial charge in [0.2, 0.25) is 0 Å². The first-order valence-corrected chi connectivity index (χ1v) is 11.9. The van der Waals surface area contributed by atoms with E-state index in [4.69, 9.17) is 4.74 Å². The first-order valence-electron chi connectivity index (χ1n) is 11.9. The van der Waals surface area contributed by atoms with Gasteiger partial charge in [-0.1, -0.05) is 103 Å². The second kappa shape index (κ2) is 15.2. The minimum atomic E-state index is -0.408. The second-order valence-electron chi connectivity index (χ2n) is 9.61. The molecule has 0 spiro atoms. The van der Waals surface area contributed by atoms with Crippen molar-refractivity contribution in [2.45, 2.75) is 136 Å². The first-order chi connectivity index (χ1) is 13.0. The average Bonchev–Trinajstić information content (AvgIpc) is 2.59. The first kappa shape index (κ1) is 24.3. The lowest BCUT2D eigenvalue weighted by atomic mass is 9.90. The van der Waals surface area contributed by atoms with Gasteiger partial charge in [0.1, 0.15) is 5.60 Å². The van der Waals surface area contributed by atoms with Gasteiger partial charge in [0.25, 0.3) is 0 Å². The molecule has 0 aromatic rings. The summed E-state index contributed by atoms with van der Waals surface area (Å²) in [6.45, 7) is 6.45. The van der Waals surface area contributed by atoms with Crippen LogP contribution < -0.4 is 5.32 Å². The van der Waals surface area contributed by atoms with Gasteiger partial charge in [-0.2, -0.15) is 0 Å². The van der Waals surface area contributed by atoms with Crippen LogP contribution in [0, 0.1) is 5.92 Å². The molecule has 0 radical (unpaired) electrons. The summed E-state index contributed by atoms with van der Waals surface area (Å²) in [5, 5.41) is 2.89. The maximum atomic E-state index is 11.7. The van der Waals surface area contributed by atoms with E-state index >= 15 is 0 Å². The fourth-order valence-corrected chi connectivity index (χ4v) is 4.13.